The first-order chi connectivity index (χ1) is 13.5. The number of imidazole rings is 1. The highest BCUT2D eigenvalue weighted by atomic mass is 32.2. The Bertz CT molecular complexity index is 1090. The number of rotatable bonds is 5. The van der Waals surface area contributed by atoms with Gasteiger partial charge in [0.2, 0.25) is 10.0 Å². The molecule has 1 fully saturated rings. The highest BCUT2D eigenvalue weighted by Crippen LogP contribution is 2.28. The van der Waals surface area contributed by atoms with E-state index < -0.39 is 10.0 Å². The predicted molar refractivity (Wildman–Crippen MR) is 110 cm³/mol. The van der Waals surface area contributed by atoms with Gasteiger partial charge < -0.3 is 9.47 Å². The summed E-state index contributed by atoms with van der Waals surface area (Å²) >= 11 is 0. The van der Waals surface area contributed by atoms with Gasteiger partial charge in [0.15, 0.2) is 0 Å². The van der Waals surface area contributed by atoms with Crippen LogP contribution in [-0.4, -0.2) is 47.4 Å². The van der Waals surface area contributed by atoms with Crippen LogP contribution < -0.4 is 4.90 Å². The molecule has 28 heavy (non-hydrogen) atoms. The normalized spacial score (nSPS) is 15.8. The van der Waals surface area contributed by atoms with Crippen LogP contribution in [-0.2, 0) is 23.6 Å². The third kappa shape index (κ3) is 3.38. The number of hydrogen-bond donors (Lipinski definition) is 0. The van der Waals surface area contributed by atoms with E-state index in [9.17, 15) is 8.42 Å². The molecule has 1 aromatic carbocycles. The monoisotopic (exact) mass is 399 g/mol. The van der Waals surface area contributed by atoms with Gasteiger partial charge in [-0.2, -0.15) is 4.31 Å². The van der Waals surface area contributed by atoms with E-state index in [-0.39, 0.29) is 4.90 Å². The van der Waals surface area contributed by atoms with Gasteiger partial charge in [0, 0.05) is 33.4 Å². The van der Waals surface area contributed by atoms with Crippen molar-refractivity contribution in [2.24, 2.45) is 7.05 Å². The maximum absolute atomic E-state index is 13.2. The molecule has 0 spiro atoms. The Labute approximate surface area is 165 Å². The van der Waals surface area contributed by atoms with E-state index in [1.54, 1.807) is 22.6 Å². The first-order valence-corrected chi connectivity index (χ1v) is 11.0. The Morgan fingerprint density at radius 1 is 1.07 bits per heavy atom. The van der Waals surface area contributed by atoms with E-state index in [4.69, 9.17) is 4.98 Å². The molecule has 4 rings (SSSR count). The molecule has 1 saturated heterocycles. The lowest BCUT2D eigenvalue weighted by Crippen LogP contribution is -2.36. The zero-order valence-electron chi connectivity index (χ0n) is 16.2. The molecule has 8 heteroatoms. The topological polar surface area (TPSA) is 71.3 Å². The number of benzene rings is 1. The van der Waals surface area contributed by atoms with Gasteiger partial charge in [-0.05, 0) is 37.1 Å². The summed E-state index contributed by atoms with van der Waals surface area (Å²) in [6, 6.07) is 11.3. The van der Waals surface area contributed by atoms with Crippen LogP contribution in [0.3, 0.4) is 0 Å². The molecule has 1 aliphatic rings. The summed E-state index contributed by atoms with van der Waals surface area (Å²) in [6.07, 6.45) is 4.53. The number of piperidine rings is 1. The van der Waals surface area contributed by atoms with Crippen molar-refractivity contribution in [2.75, 3.05) is 25.0 Å². The van der Waals surface area contributed by atoms with Gasteiger partial charge in [0.1, 0.15) is 16.5 Å². The van der Waals surface area contributed by atoms with Gasteiger partial charge >= 0.3 is 0 Å². The first-order valence-electron chi connectivity index (χ1n) is 9.55. The fraction of sp³-hybridized carbons (Fsp3) is 0.400. The Morgan fingerprint density at radius 3 is 2.57 bits per heavy atom. The average Bonchev–Trinajstić information content (AvgIpc) is 3.04. The van der Waals surface area contributed by atoms with Gasteiger partial charge in [0.05, 0.1) is 17.6 Å². The van der Waals surface area contributed by atoms with Gasteiger partial charge in [-0.3, -0.25) is 0 Å². The molecule has 7 nitrogen and oxygen atoms in total. The van der Waals surface area contributed by atoms with Crippen LogP contribution in [0.15, 0.2) is 47.5 Å². The molecular formula is C20H25N5O2S. The van der Waals surface area contributed by atoms with Gasteiger partial charge in [-0.1, -0.05) is 18.6 Å². The van der Waals surface area contributed by atoms with Crippen LogP contribution in [0.5, 0.6) is 0 Å². The molecule has 148 valence electrons. The molecule has 2 aromatic heterocycles. The summed E-state index contributed by atoms with van der Waals surface area (Å²) in [7, 11) is 0.270. The Kier molecular flexibility index (Phi) is 5.07. The largest absolute Gasteiger partial charge is 0.351 e. The molecule has 0 atom stereocenters. The number of aryl methyl sites for hydroxylation is 1. The van der Waals surface area contributed by atoms with Gasteiger partial charge in [-0.25, -0.2) is 18.4 Å². The average molecular weight is 400 g/mol. The van der Waals surface area contributed by atoms with E-state index >= 15 is 0 Å². The number of pyridine rings is 1. The predicted octanol–water partition coefficient (Wildman–Crippen LogP) is 2.78. The number of nitrogens with zero attached hydrogens (tertiary/aromatic N) is 5. The number of fused-ring (bicyclic) bond motifs is 1. The molecule has 0 amide bonds. The van der Waals surface area contributed by atoms with Crippen molar-refractivity contribution in [1.82, 2.24) is 18.8 Å². The van der Waals surface area contributed by atoms with Gasteiger partial charge in [0.25, 0.3) is 0 Å². The Hall–Kier alpha value is -2.45. The van der Waals surface area contributed by atoms with Crippen LogP contribution in [0.4, 0.5) is 5.82 Å². The van der Waals surface area contributed by atoms with Gasteiger partial charge in [-0.15, -0.1) is 0 Å². The van der Waals surface area contributed by atoms with E-state index in [1.807, 2.05) is 47.8 Å². The number of hydrogen-bond acceptors (Lipinski definition) is 5. The van der Waals surface area contributed by atoms with E-state index in [0.717, 1.165) is 36.1 Å². The third-order valence-corrected chi connectivity index (χ3v) is 7.22. The molecule has 3 heterocycles. The van der Waals surface area contributed by atoms with Crippen LogP contribution >= 0.6 is 0 Å². The molecule has 0 unspecified atom stereocenters. The minimum Gasteiger partial charge on any atom is -0.351 e. The summed E-state index contributed by atoms with van der Waals surface area (Å²) in [5.41, 5.74) is 1.98. The van der Waals surface area contributed by atoms with Crippen molar-refractivity contribution in [2.45, 2.75) is 30.7 Å². The third-order valence-electron chi connectivity index (χ3n) is 5.30. The van der Waals surface area contributed by atoms with Crippen molar-refractivity contribution < 1.29 is 8.42 Å². The molecule has 3 aromatic rings. The highest BCUT2D eigenvalue weighted by Gasteiger charge is 2.30. The lowest BCUT2D eigenvalue weighted by atomic mass is 10.2. The molecule has 0 N–H and O–H groups in total. The summed E-state index contributed by atoms with van der Waals surface area (Å²) < 4.78 is 30.0. The van der Waals surface area contributed by atoms with Crippen LogP contribution in [0.1, 0.15) is 25.1 Å². The summed E-state index contributed by atoms with van der Waals surface area (Å²) in [4.78, 5) is 11.2. The summed E-state index contributed by atoms with van der Waals surface area (Å²) in [5.74, 6) is 1.32. The van der Waals surface area contributed by atoms with E-state index in [0.29, 0.717) is 25.5 Å². The minimum absolute atomic E-state index is 0.262. The van der Waals surface area contributed by atoms with E-state index in [1.165, 1.54) is 0 Å². The number of sulfonamides is 1. The highest BCUT2D eigenvalue weighted by molar-refractivity contribution is 7.89. The zero-order chi connectivity index (χ0) is 19.7. The molecule has 0 saturated carbocycles. The quantitative estimate of drug-likeness (QED) is 0.660. The maximum Gasteiger partial charge on any atom is 0.246 e. The zero-order valence-corrected chi connectivity index (χ0v) is 17.1. The van der Waals surface area contributed by atoms with Crippen molar-refractivity contribution >= 4 is 26.9 Å². The fourth-order valence-corrected chi connectivity index (χ4v) is 5.45. The van der Waals surface area contributed by atoms with Crippen molar-refractivity contribution in [3.63, 3.8) is 0 Å². The second kappa shape index (κ2) is 7.52. The standard InChI is InChI=1S/C20H25N5O2S/c1-23(15-19-22-16-9-4-5-10-17(16)24(19)2)20-18(11-8-12-21-20)28(26,27)25-13-6-3-7-14-25/h4-5,8-12H,3,6-7,13-15H2,1-2H3. The lowest BCUT2D eigenvalue weighted by molar-refractivity contribution is 0.346. The van der Waals surface area contributed by atoms with Crippen LogP contribution in [0.2, 0.25) is 0 Å². The smallest absolute Gasteiger partial charge is 0.246 e. The molecule has 0 bridgehead atoms. The first kappa shape index (κ1) is 18.9. The second-order valence-corrected chi connectivity index (χ2v) is 9.13. The lowest BCUT2D eigenvalue weighted by Gasteiger charge is -2.28. The van der Waals surface area contributed by atoms with Crippen molar-refractivity contribution in [1.29, 1.82) is 0 Å². The molecular weight excluding hydrogens is 374 g/mol. The van der Waals surface area contributed by atoms with E-state index in [2.05, 4.69) is 4.98 Å². The SMILES string of the molecule is CN(Cc1nc2ccccc2n1C)c1ncccc1S(=O)(=O)N1CCCCC1. The molecule has 0 aliphatic carbocycles. The minimum atomic E-state index is -3.56. The Morgan fingerprint density at radius 2 is 1.82 bits per heavy atom. The van der Waals surface area contributed by atoms with Crippen LogP contribution in [0.25, 0.3) is 11.0 Å². The van der Waals surface area contributed by atoms with Crippen LogP contribution in [0, 0.1) is 0 Å². The van der Waals surface area contributed by atoms with Crippen molar-refractivity contribution in [3.8, 4) is 0 Å². The second-order valence-electron chi connectivity index (χ2n) is 7.22. The summed E-state index contributed by atoms with van der Waals surface area (Å²) in [5, 5.41) is 0. The Balaban J connectivity index is 1.66. The summed E-state index contributed by atoms with van der Waals surface area (Å²) in [6.45, 7) is 1.61. The number of para-hydroxylation sites is 2. The molecule has 1 aliphatic heterocycles. The fourth-order valence-electron chi connectivity index (χ4n) is 3.74. The van der Waals surface area contributed by atoms with Crippen molar-refractivity contribution in [3.05, 3.63) is 48.4 Å². The maximum atomic E-state index is 13.2. The number of anilines is 1. The number of aromatic nitrogens is 3. The molecule has 0 radical (unpaired) electrons.